The Hall–Kier alpha value is -2.50. The second-order valence-corrected chi connectivity index (χ2v) is 8.63. The summed E-state index contributed by atoms with van der Waals surface area (Å²) in [6, 6.07) is 7.88. The van der Waals surface area contributed by atoms with E-state index in [1.165, 1.54) is 6.20 Å². The third-order valence-electron chi connectivity index (χ3n) is 5.72. The average Bonchev–Trinajstić information content (AvgIpc) is 2.79. The number of rotatable bonds is 5. The van der Waals surface area contributed by atoms with Crippen LogP contribution in [-0.4, -0.2) is 72.7 Å². The molecule has 1 aromatic heterocycles. The van der Waals surface area contributed by atoms with Gasteiger partial charge in [0.15, 0.2) is 0 Å². The summed E-state index contributed by atoms with van der Waals surface area (Å²) in [7, 11) is 0. The molecule has 0 radical (unpaired) electrons. The maximum Gasteiger partial charge on any atom is 0.449 e. The van der Waals surface area contributed by atoms with Crippen molar-refractivity contribution in [2.75, 3.05) is 32.8 Å². The van der Waals surface area contributed by atoms with Crippen molar-refractivity contribution >= 4 is 38.6 Å². The lowest BCUT2D eigenvalue weighted by Crippen LogP contribution is -2.52. The fraction of sp³-hybridized carbons (Fsp3) is 0.409. The predicted molar refractivity (Wildman–Crippen MR) is 122 cm³/mol. The largest absolute Gasteiger partial charge is 0.449 e. The summed E-state index contributed by atoms with van der Waals surface area (Å²) in [6.07, 6.45) is -3.18. The zero-order valence-electron chi connectivity index (χ0n) is 17.8. The molecule has 0 saturated carbocycles. The van der Waals surface area contributed by atoms with Gasteiger partial charge in [-0.1, -0.05) is 6.07 Å². The van der Waals surface area contributed by atoms with Gasteiger partial charge in [-0.2, -0.15) is 13.2 Å². The van der Waals surface area contributed by atoms with Gasteiger partial charge in [-0.3, -0.25) is 14.7 Å². The first-order chi connectivity index (χ1) is 15.7. The highest BCUT2D eigenvalue weighted by Crippen LogP contribution is 2.25. The monoisotopic (exact) mass is 525 g/mol. The van der Waals surface area contributed by atoms with Gasteiger partial charge in [-0.15, -0.1) is 0 Å². The molecule has 33 heavy (non-hydrogen) atoms. The van der Waals surface area contributed by atoms with Crippen LogP contribution in [0, 0.1) is 0 Å². The number of amidine groups is 1. The van der Waals surface area contributed by atoms with Crippen LogP contribution in [0.15, 0.2) is 51.7 Å². The van der Waals surface area contributed by atoms with E-state index in [4.69, 9.17) is 4.74 Å². The minimum atomic E-state index is -4.55. The van der Waals surface area contributed by atoms with Gasteiger partial charge in [0.05, 0.1) is 30.8 Å². The number of hydrogen-bond acceptors (Lipinski definition) is 6. The second-order valence-electron chi connectivity index (χ2n) is 7.82. The molecule has 1 aromatic carbocycles. The molecular weight excluding hydrogens is 503 g/mol. The number of aromatic nitrogens is 1. The van der Waals surface area contributed by atoms with Crippen LogP contribution in [0.3, 0.4) is 0 Å². The van der Waals surface area contributed by atoms with Crippen LogP contribution in [0.2, 0.25) is 0 Å². The lowest BCUT2D eigenvalue weighted by atomic mass is 9.98. The summed E-state index contributed by atoms with van der Waals surface area (Å²) in [6.45, 7) is 4.08. The number of alkyl halides is 3. The molecule has 1 saturated heterocycles. The number of hydrogen-bond donors (Lipinski definition) is 2. The number of nitrogens with zero attached hydrogens (tertiary/aromatic N) is 3. The lowest BCUT2D eigenvalue weighted by Gasteiger charge is -2.38. The van der Waals surface area contributed by atoms with E-state index in [1.54, 1.807) is 25.1 Å². The topological polar surface area (TPSA) is 78.8 Å². The van der Waals surface area contributed by atoms with Crippen molar-refractivity contribution < 1.29 is 22.7 Å². The number of morpholine rings is 1. The van der Waals surface area contributed by atoms with Crippen molar-refractivity contribution in [3.8, 4) is 0 Å². The zero-order chi connectivity index (χ0) is 23.6. The van der Waals surface area contributed by atoms with Gasteiger partial charge in [0.25, 0.3) is 5.91 Å². The average molecular weight is 526 g/mol. The second kappa shape index (κ2) is 9.78. The molecule has 2 atom stereocenters. The van der Waals surface area contributed by atoms with E-state index in [0.29, 0.717) is 52.9 Å². The number of carbonyl (C=O) groups excluding carboxylic acids is 1. The van der Waals surface area contributed by atoms with Crippen molar-refractivity contribution in [3.05, 3.63) is 52.3 Å². The Labute approximate surface area is 197 Å². The molecule has 2 aromatic rings. The molecule has 1 fully saturated rings. The first-order valence-corrected chi connectivity index (χ1v) is 11.3. The van der Waals surface area contributed by atoms with Crippen molar-refractivity contribution in [1.29, 1.82) is 0 Å². The smallest absolute Gasteiger partial charge is 0.379 e. The Morgan fingerprint density at radius 2 is 2.06 bits per heavy atom. The highest BCUT2D eigenvalue weighted by atomic mass is 79.9. The summed E-state index contributed by atoms with van der Waals surface area (Å²) < 4.78 is 45.3. The normalized spacial score (nSPS) is 20.6. The van der Waals surface area contributed by atoms with E-state index in [2.05, 4.69) is 41.4 Å². The third kappa shape index (κ3) is 5.36. The summed E-state index contributed by atoms with van der Waals surface area (Å²) in [5.41, 5.74) is 1.84. The Morgan fingerprint density at radius 1 is 1.30 bits per heavy atom. The number of ether oxygens (including phenoxy) is 1. The third-order valence-corrected chi connectivity index (χ3v) is 6.16. The highest BCUT2D eigenvalue weighted by molar-refractivity contribution is 9.10. The van der Waals surface area contributed by atoms with Crippen molar-refractivity contribution in [1.82, 2.24) is 20.5 Å². The molecule has 176 valence electrons. The number of pyridine rings is 1. The van der Waals surface area contributed by atoms with Gasteiger partial charge in [-0.25, -0.2) is 4.98 Å². The summed E-state index contributed by atoms with van der Waals surface area (Å²) in [5, 5.41) is 5.96. The van der Waals surface area contributed by atoms with E-state index in [-0.39, 0.29) is 18.5 Å². The molecule has 7 nitrogen and oxygen atoms in total. The Morgan fingerprint density at radius 3 is 2.76 bits per heavy atom. The summed E-state index contributed by atoms with van der Waals surface area (Å²) in [5.74, 6) is -1.29. The number of fused-ring (bicyclic) bond motifs is 1. The van der Waals surface area contributed by atoms with E-state index in [0.717, 1.165) is 0 Å². The molecule has 2 aliphatic rings. The zero-order valence-corrected chi connectivity index (χ0v) is 19.4. The molecule has 0 bridgehead atoms. The quantitative estimate of drug-likeness (QED) is 0.586. The van der Waals surface area contributed by atoms with E-state index in [1.807, 2.05) is 12.1 Å². The number of nitrogens with one attached hydrogen (secondary N) is 2. The fourth-order valence-electron chi connectivity index (χ4n) is 4.07. The number of carbonyl (C=O) groups is 1. The van der Waals surface area contributed by atoms with Gasteiger partial charge in [0.2, 0.25) is 5.84 Å². The summed E-state index contributed by atoms with van der Waals surface area (Å²) in [4.78, 5) is 23.4. The highest BCUT2D eigenvalue weighted by Gasteiger charge is 2.39. The molecule has 0 spiro atoms. The molecule has 11 heteroatoms. The molecule has 3 heterocycles. The first-order valence-electron chi connectivity index (χ1n) is 10.5. The molecule has 2 unspecified atom stereocenters. The van der Waals surface area contributed by atoms with Crippen LogP contribution < -0.4 is 10.6 Å². The SMILES string of the molecule is CC1N=C(C(F)(F)F)NC=C1C(CNC(=O)c1cccc2nc(Br)ccc12)N1CCOCC1. The minimum absolute atomic E-state index is 0.216. The molecule has 4 rings (SSSR count). The molecule has 1 amide bonds. The van der Waals surface area contributed by atoms with E-state index < -0.39 is 18.1 Å². The van der Waals surface area contributed by atoms with E-state index in [9.17, 15) is 18.0 Å². The van der Waals surface area contributed by atoms with E-state index >= 15 is 0 Å². The van der Waals surface area contributed by atoms with Crippen LogP contribution in [0.1, 0.15) is 17.3 Å². The summed E-state index contributed by atoms with van der Waals surface area (Å²) >= 11 is 3.33. The Balaban J connectivity index is 1.55. The van der Waals surface area contributed by atoms with Gasteiger partial charge in [0.1, 0.15) is 4.60 Å². The number of halogens is 4. The number of amides is 1. The molecular formula is C22H23BrF3N5O2. The van der Waals surface area contributed by atoms with Crippen molar-refractivity contribution in [2.24, 2.45) is 4.99 Å². The van der Waals surface area contributed by atoms with Crippen LogP contribution in [0.5, 0.6) is 0 Å². The predicted octanol–water partition coefficient (Wildman–Crippen LogP) is 3.26. The maximum absolute atomic E-state index is 13.1. The van der Waals surface area contributed by atoms with Crippen LogP contribution >= 0.6 is 15.9 Å². The van der Waals surface area contributed by atoms with Crippen LogP contribution in [-0.2, 0) is 4.74 Å². The van der Waals surface area contributed by atoms with Crippen molar-refractivity contribution in [2.45, 2.75) is 25.2 Å². The standard InChI is InChI=1S/C22H23BrF3N5O2/c1-13-16(11-28-21(29-13)22(24,25)26)18(31-7-9-33-10-8-31)12-27-20(32)15-3-2-4-17-14(15)5-6-19(23)30-17/h2-6,11,13,18H,7-10,12H2,1H3,(H,27,32)(H,28,29). The lowest BCUT2D eigenvalue weighted by molar-refractivity contribution is -0.0618. The molecule has 2 aliphatic heterocycles. The Bertz CT molecular complexity index is 1100. The number of aliphatic imine (C=N–C) groups is 1. The van der Waals surface area contributed by atoms with Gasteiger partial charge < -0.3 is 15.4 Å². The Kier molecular flexibility index (Phi) is 7.01. The van der Waals surface area contributed by atoms with Gasteiger partial charge in [0, 0.05) is 36.8 Å². The minimum Gasteiger partial charge on any atom is -0.379 e. The van der Waals surface area contributed by atoms with Crippen molar-refractivity contribution in [3.63, 3.8) is 0 Å². The van der Waals surface area contributed by atoms with Crippen LogP contribution in [0.4, 0.5) is 13.2 Å². The van der Waals surface area contributed by atoms with Crippen LogP contribution in [0.25, 0.3) is 10.9 Å². The fourth-order valence-corrected chi connectivity index (χ4v) is 4.39. The molecule has 0 aliphatic carbocycles. The van der Waals surface area contributed by atoms with Gasteiger partial charge >= 0.3 is 6.18 Å². The number of benzene rings is 1. The molecule has 2 N–H and O–H groups in total. The van der Waals surface area contributed by atoms with Gasteiger partial charge in [-0.05, 0) is 52.7 Å². The first kappa shape index (κ1) is 23.7. The maximum atomic E-state index is 13.1.